The number of amides is 1. The minimum Gasteiger partial charge on any atom is -0.472 e. The Bertz CT molecular complexity index is 1020. The van der Waals surface area contributed by atoms with Crippen LogP contribution in [0.3, 0.4) is 0 Å². The first kappa shape index (κ1) is 19.1. The summed E-state index contributed by atoms with van der Waals surface area (Å²) >= 11 is 0. The summed E-state index contributed by atoms with van der Waals surface area (Å²) in [6.45, 7) is 3.74. The average Bonchev–Trinajstić information content (AvgIpc) is 3.14. The molecule has 1 aliphatic rings. The lowest BCUT2D eigenvalue weighted by Crippen LogP contribution is -2.38. The summed E-state index contributed by atoms with van der Waals surface area (Å²) in [5.41, 5.74) is 3.29. The molecule has 0 N–H and O–H groups in total. The van der Waals surface area contributed by atoms with Crippen molar-refractivity contribution in [3.63, 3.8) is 0 Å². The Hall–Kier alpha value is -3.22. The average molecular weight is 397 g/mol. The van der Waals surface area contributed by atoms with Crippen LogP contribution in [0.2, 0.25) is 0 Å². The molecule has 0 fully saturated rings. The van der Waals surface area contributed by atoms with Gasteiger partial charge in [0.25, 0.3) is 12.3 Å². The largest absolute Gasteiger partial charge is 0.472 e. The fraction of sp³-hybridized carbons (Fsp3) is 0.273. The van der Waals surface area contributed by atoms with Gasteiger partial charge in [-0.1, -0.05) is 35.9 Å². The Morgan fingerprint density at radius 2 is 1.93 bits per heavy atom. The first-order valence-electron chi connectivity index (χ1n) is 9.42. The van der Waals surface area contributed by atoms with Gasteiger partial charge >= 0.3 is 0 Å². The van der Waals surface area contributed by atoms with Crippen LogP contribution in [0.25, 0.3) is 0 Å². The lowest BCUT2D eigenvalue weighted by molar-refractivity contribution is 0.0706. The molecule has 0 saturated heterocycles. The van der Waals surface area contributed by atoms with E-state index in [1.807, 2.05) is 35.9 Å². The van der Waals surface area contributed by atoms with Gasteiger partial charge in [-0.15, -0.1) is 5.10 Å². The van der Waals surface area contributed by atoms with E-state index in [1.165, 1.54) is 12.1 Å². The van der Waals surface area contributed by atoms with E-state index >= 15 is 0 Å². The lowest BCUT2D eigenvalue weighted by atomic mass is 10.1. The molecule has 0 bridgehead atoms. The molecule has 4 rings (SSSR count). The highest BCUT2D eigenvalue weighted by molar-refractivity contribution is 5.94. The zero-order valence-electron chi connectivity index (χ0n) is 16.0. The van der Waals surface area contributed by atoms with E-state index in [1.54, 1.807) is 23.1 Å². The predicted molar refractivity (Wildman–Crippen MR) is 104 cm³/mol. The summed E-state index contributed by atoms with van der Waals surface area (Å²) in [6.07, 6.45) is -2.51. The number of halogens is 2. The first-order chi connectivity index (χ1) is 14.0. The highest BCUT2D eigenvalue weighted by Crippen LogP contribution is 2.22. The number of carbonyl (C=O) groups excluding carboxylic acids is 1. The van der Waals surface area contributed by atoms with Crippen molar-refractivity contribution in [2.24, 2.45) is 0 Å². The maximum absolute atomic E-state index is 12.8. The van der Waals surface area contributed by atoms with Crippen molar-refractivity contribution in [2.45, 2.75) is 33.0 Å². The smallest absolute Gasteiger partial charge is 0.263 e. The van der Waals surface area contributed by atoms with Gasteiger partial charge in [0.2, 0.25) is 5.88 Å². The van der Waals surface area contributed by atoms with Crippen molar-refractivity contribution < 1.29 is 18.3 Å². The molecule has 1 aliphatic heterocycles. The van der Waals surface area contributed by atoms with Gasteiger partial charge in [0.1, 0.15) is 6.61 Å². The monoisotopic (exact) mass is 397 g/mol. The number of ether oxygens (including phenoxy) is 1. The molecule has 2 heterocycles. The summed E-state index contributed by atoms with van der Waals surface area (Å²) in [7, 11) is 0. The van der Waals surface area contributed by atoms with E-state index in [0.717, 1.165) is 11.3 Å². The summed E-state index contributed by atoms with van der Waals surface area (Å²) < 4.78 is 33.2. The molecule has 29 heavy (non-hydrogen) atoms. The van der Waals surface area contributed by atoms with Gasteiger partial charge in [0.15, 0.2) is 0 Å². The molecule has 1 amide bonds. The number of hydrogen-bond acceptors (Lipinski definition) is 3. The Labute approximate surface area is 167 Å². The van der Waals surface area contributed by atoms with Crippen LogP contribution in [-0.2, 0) is 19.7 Å². The third kappa shape index (κ3) is 4.29. The third-order valence-electron chi connectivity index (χ3n) is 4.95. The number of aromatic nitrogens is 2. The zero-order valence-corrected chi connectivity index (χ0v) is 16.0. The molecule has 3 aromatic rings. The molecule has 0 radical (unpaired) electrons. The summed E-state index contributed by atoms with van der Waals surface area (Å²) in [6, 6.07) is 15.5. The highest BCUT2D eigenvalue weighted by atomic mass is 19.3. The predicted octanol–water partition coefficient (Wildman–Crippen LogP) is 4.36. The maximum atomic E-state index is 12.8. The van der Waals surface area contributed by atoms with Gasteiger partial charge in [-0.2, -0.15) is 0 Å². The van der Waals surface area contributed by atoms with Gasteiger partial charge in [-0.3, -0.25) is 9.48 Å². The fourth-order valence-electron chi connectivity index (χ4n) is 3.34. The summed E-state index contributed by atoms with van der Waals surface area (Å²) in [5.74, 6) is 0.413. The summed E-state index contributed by atoms with van der Waals surface area (Å²) in [4.78, 5) is 14.5. The molecule has 0 spiro atoms. The molecular formula is C22H21F2N3O2. The van der Waals surface area contributed by atoms with E-state index < -0.39 is 6.43 Å². The van der Waals surface area contributed by atoms with E-state index in [2.05, 4.69) is 5.10 Å². The second kappa shape index (κ2) is 8.03. The number of nitrogens with zero attached hydrogens (tertiary/aromatic N) is 3. The van der Waals surface area contributed by atoms with Gasteiger partial charge in [0, 0.05) is 23.7 Å². The minimum absolute atomic E-state index is 0.0104. The van der Waals surface area contributed by atoms with Crippen LogP contribution in [0.4, 0.5) is 8.78 Å². The standard InChI is InChI=1S/C22H21F2N3O2/c1-15-5-7-17(8-6-15)22(28)26-9-10-27-19(13-26)12-20(25-27)29-14-16-3-2-4-18(11-16)21(23)24/h2-8,11-12,21H,9-10,13-14H2,1H3. The Kier molecular flexibility index (Phi) is 5.29. The van der Waals surface area contributed by atoms with Gasteiger partial charge in [0.05, 0.1) is 18.8 Å². The number of hydrogen-bond donors (Lipinski definition) is 0. The van der Waals surface area contributed by atoms with Crippen LogP contribution >= 0.6 is 0 Å². The summed E-state index contributed by atoms with van der Waals surface area (Å²) in [5, 5.41) is 4.41. The topological polar surface area (TPSA) is 47.4 Å². The second-order valence-corrected chi connectivity index (χ2v) is 7.12. The number of alkyl halides is 2. The first-order valence-corrected chi connectivity index (χ1v) is 9.42. The van der Waals surface area contributed by atoms with Crippen molar-refractivity contribution in [1.82, 2.24) is 14.7 Å². The minimum atomic E-state index is -2.51. The second-order valence-electron chi connectivity index (χ2n) is 7.12. The highest BCUT2D eigenvalue weighted by Gasteiger charge is 2.23. The molecule has 0 unspecified atom stereocenters. The number of rotatable bonds is 5. The fourth-order valence-corrected chi connectivity index (χ4v) is 3.34. The van der Waals surface area contributed by atoms with Gasteiger partial charge in [-0.25, -0.2) is 8.78 Å². The Morgan fingerprint density at radius 3 is 2.69 bits per heavy atom. The Morgan fingerprint density at radius 1 is 1.14 bits per heavy atom. The van der Waals surface area contributed by atoms with Crippen LogP contribution in [0, 0.1) is 6.92 Å². The number of fused-ring (bicyclic) bond motifs is 1. The van der Waals surface area contributed by atoms with Crippen molar-refractivity contribution in [3.05, 3.63) is 82.5 Å². The quantitative estimate of drug-likeness (QED) is 0.643. The molecule has 1 aromatic heterocycles. The van der Waals surface area contributed by atoms with Crippen LogP contribution < -0.4 is 4.74 Å². The van der Waals surface area contributed by atoms with Crippen LogP contribution in [-0.4, -0.2) is 27.1 Å². The normalized spacial score (nSPS) is 13.4. The van der Waals surface area contributed by atoms with Crippen molar-refractivity contribution in [2.75, 3.05) is 6.54 Å². The maximum Gasteiger partial charge on any atom is 0.263 e. The number of carbonyl (C=O) groups is 1. The van der Waals surface area contributed by atoms with Crippen LogP contribution in [0.15, 0.2) is 54.6 Å². The number of benzene rings is 2. The number of aryl methyl sites for hydroxylation is 1. The molecule has 5 nitrogen and oxygen atoms in total. The molecule has 2 aromatic carbocycles. The SMILES string of the molecule is Cc1ccc(C(=O)N2CCn3nc(OCc4cccc(C(F)F)c4)cc3C2)cc1. The van der Waals surface area contributed by atoms with Gasteiger partial charge < -0.3 is 9.64 Å². The molecule has 150 valence electrons. The lowest BCUT2D eigenvalue weighted by Gasteiger charge is -2.27. The molecule has 0 saturated carbocycles. The zero-order chi connectivity index (χ0) is 20.4. The van der Waals surface area contributed by atoms with Crippen LogP contribution in [0.5, 0.6) is 5.88 Å². The van der Waals surface area contributed by atoms with E-state index in [9.17, 15) is 13.6 Å². The van der Waals surface area contributed by atoms with E-state index in [0.29, 0.717) is 36.6 Å². The van der Waals surface area contributed by atoms with Crippen molar-refractivity contribution >= 4 is 5.91 Å². The van der Waals surface area contributed by atoms with Crippen LogP contribution in [0.1, 0.15) is 39.2 Å². The molecule has 0 atom stereocenters. The van der Waals surface area contributed by atoms with Gasteiger partial charge in [-0.05, 0) is 30.7 Å². The molecular weight excluding hydrogens is 376 g/mol. The van der Waals surface area contributed by atoms with Crippen molar-refractivity contribution in [3.8, 4) is 5.88 Å². The third-order valence-corrected chi connectivity index (χ3v) is 4.95. The van der Waals surface area contributed by atoms with E-state index in [-0.39, 0.29) is 18.1 Å². The molecule has 7 heteroatoms. The van der Waals surface area contributed by atoms with Crippen molar-refractivity contribution in [1.29, 1.82) is 0 Å². The van der Waals surface area contributed by atoms with E-state index in [4.69, 9.17) is 4.74 Å². The molecule has 0 aliphatic carbocycles. The Balaban J connectivity index is 1.41.